The Morgan fingerprint density at radius 2 is 2.45 bits per heavy atom. The lowest BCUT2D eigenvalue weighted by Gasteiger charge is -2.36. The molecule has 0 aromatic carbocycles. The Labute approximate surface area is 69.7 Å². The van der Waals surface area contributed by atoms with Crippen molar-refractivity contribution in [1.82, 2.24) is 5.32 Å². The third-order valence-corrected chi connectivity index (χ3v) is 4.10. The molecule has 2 fully saturated rings. The maximum Gasteiger partial charge on any atom is 0.154 e. The summed E-state index contributed by atoms with van der Waals surface area (Å²) in [5.41, 5.74) is 0. The maximum atomic E-state index is 11.4. The summed E-state index contributed by atoms with van der Waals surface area (Å²) >= 11 is -0.644. The number of nitrogens with one attached hydrogen (secondary N) is 1. The molecule has 3 unspecified atom stereocenters. The number of rotatable bonds is 0. The second kappa shape index (κ2) is 3.31. The first-order valence-electron chi connectivity index (χ1n) is 4.06. The summed E-state index contributed by atoms with van der Waals surface area (Å²) in [7, 11) is 0. The van der Waals surface area contributed by atoms with Gasteiger partial charge in [0.15, 0.2) is 5.25 Å². The Balaban J connectivity index is 1.99. The highest BCUT2D eigenvalue weighted by Gasteiger charge is 2.37. The molecule has 1 N–H and O–H groups in total. The molecule has 4 heteroatoms. The molecule has 2 rings (SSSR count). The molecule has 0 spiro atoms. The van der Waals surface area contributed by atoms with Gasteiger partial charge in [-0.25, -0.2) is 0 Å². The maximum absolute atomic E-state index is 11.4. The van der Waals surface area contributed by atoms with Gasteiger partial charge in [0.1, 0.15) is 5.75 Å². The van der Waals surface area contributed by atoms with Crippen LogP contribution in [0.1, 0.15) is 6.42 Å². The van der Waals surface area contributed by atoms with Gasteiger partial charge in [0.2, 0.25) is 0 Å². The molecule has 2 heterocycles. The van der Waals surface area contributed by atoms with Crippen molar-refractivity contribution in [2.45, 2.75) is 17.7 Å². The Morgan fingerprint density at radius 3 is 3.27 bits per heavy atom. The van der Waals surface area contributed by atoms with Crippen molar-refractivity contribution in [3.05, 3.63) is 0 Å². The summed E-state index contributed by atoms with van der Waals surface area (Å²) in [4.78, 5) is 0. The van der Waals surface area contributed by atoms with E-state index in [-0.39, 0.29) is 5.25 Å². The minimum absolute atomic E-state index is 0.262. The van der Waals surface area contributed by atoms with Crippen LogP contribution in [0.2, 0.25) is 0 Å². The first-order chi connectivity index (χ1) is 5.38. The van der Waals surface area contributed by atoms with Crippen LogP contribution < -0.4 is 5.32 Å². The van der Waals surface area contributed by atoms with E-state index < -0.39 is 11.2 Å². The molecule has 0 amide bonds. The molecule has 64 valence electrons. The van der Waals surface area contributed by atoms with Gasteiger partial charge in [0.25, 0.3) is 0 Å². The van der Waals surface area contributed by atoms with Gasteiger partial charge in [-0.15, -0.1) is 0 Å². The molecule has 0 aromatic heterocycles. The fourth-order valence-corrected chi connectivity index (χ4v) is 3.17. The van der Waals surface area contributed by atoms with E-state index in [0.29, 0.717) is 12.6 Å². The molecular formula is C7H13NO2S. The minimum Gasteiger partial charge on any atom is -0.616 e. The summed E-state index contributed by atoms with van der Waals surface area (Å²) in [5, 5.41) is 3.64. The van der Waals surface area contributed by atoms with Crippen LogP contribution in [0.15, 0.2) is 0 Å². The number of fused-ring (bicyclic) bond motifs is 1. The highest BCUT2D eigenvalue weighted by molar-refractivity contribution is 7.92. The van der Waals surface area contributed by atoms with E-state index in [2.05, 4.69) is 5.32 Å². The SMILES string of the molecule is [O-][S+]1CCNC2CCOCC21. The van der Waals surface area contributed by atoms with Crippen LogP contribution in [0.3, 0.4) is 0 Å². The lowest BCUT2D eigenvalue weighted by atomic mass is 10.1. The fourth-order valence-electron chi connectivity index (χ4n) is 1.70. The molecule has 0 aromatic rings. The van der Waals surface area contributed by atoms with E-state index in [1.807, 2.05) is 0 Å². The van der Waals surface area contributed by atoms with Crippen molar-refractivity contribution in [3.8, 4) is 0 Å². The molecule has 2 saturated heterocycles. The lowest BCUT2D eigenvalue weighted by molar-refractivity contribution is 0.0791. The van der Waals surface area contributed by atoms with Gasteiger partial charge in [0, 0.05) is 13.2 Å². The first-order valence-corrected chi connectivity index (χ1v) is 5.44. The van der Waals surface area contributed by atoms with E-state index in [1.54, 1.807) is 0 Å². The van der Waals surface area contributed by atoms with Crippen molar-refractivity contribution in [1.29, 1.82) is 0 Å². The second-order valence-corrected chi connectivity index (χ2v) is 4.82. The van der Waals surface area contributed by atoms with Gasteiger partial charge in [-0.2, -0.15) is 0 Å². The van der Waals surface area contributed by atoms with Gasteiger partial charge in [-0.1, -0.05) is 0 Å². The van der Waals surface area contributed by atoms with Crippen LogP contribution >= 0.6 is 0 Å². The van der Waals surface area contributed by atoms with Gasteiger partial charge in [-0.05, 0) is 17.6 Å². The Hall–Kier alpha value is 0.230. The molecule has 0 radical (unpaired) electrons. The van der Waals surface area contributed by atoms with Crippen molar-refractivity contribution in [2.75, 3.05) is 25.5 Å². The summed E-state index contributed by atoms with van der Waals surface area (Å²) in [6.45, 7) is 2.42. The summed E-state index contributed by atoms with van der Waals surface area (Å²) in [6, 6.07) is 0.457. The van der Waals surface area contributed by atoms with Crippen LogP contribution in [-0.2, 0) is 15.9 Å². The second-order valence-electron chi connectivity index (χ2n) is 3.05. The normalized spacial score (nSPS) is 45.0. The van der Waals surface area contributed by atoms with Gasteiger partial charge >= 0.3 is 0 Å². The van der Waals surface area contributed by atoms with Crippen molar-refractivity contribution in [3.63, 3.8) is 0 Å². The smallest absolute Gasteiger partial charge is 0.154 e. The average molecular weight is 175 g/mol. The van der Waals surface area contributed by atoms with Gasteiger partial charge in [-0.3, -0.25) is 0 Å². The molecule has 3 atom stereocenters. The monoisotopic (exact) mass is 175 g/mol. The lowest BCUT2D eigenvalue weighted by Crippen LogP contribution is -2.56. The molecular weight excluding hydrogens is 162 g/mol. The van der Waals surface area contributed by atoms with Gasteiger partial charge in [0.05, 0.1) is 12.6 Å². The number of ether oxygens (including phenoxy) is 1. The Kier molecular flexibility index (Phi) is 2.36. The molecule has 3 nitrogen and oxygen atoms in total. The fraction of sp³-hybridized carbons (Fsp3) is 1.00. The van der Waals surface area contributed by atoms with Crippen molar-refractivity contribution in [2.24, 2.45) is 0 Å². The zero-order chi connectivity index (χ0) is 7.68. The molecule has 0 aliphatic carbocycles. The van der Waals surface area contributed by atoms with Crippen LogP contribution in [0.25, 0.3) is 0 Å². The predicted molar refractivity (Wildman–Crippen MR) is 44.0 cm³/mol. The van der Waals surface area contributed by atoms with E-state index in [9.17, 15) is 4.55 Å². The van der Waals surface area contributed by atoms with Crippen LogP contribution in [-0.4, -0.2) is 41.4 Å². The molecule has 0 saturated carbocycles. The van der Waals surface area contributed by atoms with E-state index >= 15 is 0 Å². The average Bonchev–Trinajstić information content (AvgIpc) is 2.06. The predicted octanol–water partition coefficient (Wildman–Crippen LogP) is -0.504. The van der Waals surface area contributed by atoms with Crippen LogP contribution in [0.5, 0.6) is 0 Å². The Bertz CT molecular complexity index is 142. The third kappa shape index (κ3) is 1.54. The highest BCUT2D eigenvalue weighted by atomic mass is 32.2. The Morgan fingerprint density at radius 1 is 1.55 bits per heavy atom. The van der Waals surface area contributed by atoms with E-state index in [1.165, 1.54) is 0 Å². The highest BCUT2D eigenvalue weighted by Crippen LogP contribution is 2.19. The van der Waals surface area contributed by atoms with E-state index in [4.69, 9.17) is 4.74 Å². The summed E-state index contributed by atoms with van der Waals surface area (Å²) in [5.74, 6) is 0.796. The molecule has 2 aliphatic rings. The van der Waals surface area contributed by atoms with Gasteiger partial charge < -0.3 is 14.6 Å². The zero-order valence-electron chi connectivity index (χ0n) is 6.41. The third-order valence-electron chi connectivity index (χ3n) is 2.35. The van der Waals surface area contributed by atoms with Crippen LogP contribution in [0, 0.1) is 0 Å². The largest absolute Gasteiger partial charge is 0.616 e. The minimum atomic E-state index is -0.644. The van der Waals surface area contributed by atoms with Crippen LogP contribution in [0.4, 0.5) is 0 Å². The topological polar surface area (TPSA) is 44.3 Å². The zero-order valence-corrected chi connectivity index (χ0v) is 7.23. The molecule has 0 bridgehead atoms. The standard InChI is InChI=1S/C7H13NO2S/c9-11-4-2-8-6-1-3-10-5-7(6)11/h6-8H,1-5H2. The van der Waals surface area contributed by atoms with Crippen molar-refractivity contribution < 1.29 is 9.29 Å². The number of hydrogen-bond acceptors (Lipinski definition) is 3. The van der Waals surface area contributed by atoms with E-state index in [0.717, 1.165) is 25.3 Å². The first kappa shape index (κ1) is 7.86. The quantitative estimate of drug-likeness (QED) is 0.505. The molecule has 2 aliphatic heterocycles. The summed E-state index contributed by atoms with van der Waals surface area (Å²) < 4.78 is 16.7. The van der Waals surface area contributed by atoms with Crippen molar-refractivity contribution >= 4 is 11.2 Å². The molecule has 11 heavy (non-hydrogen) atoms. The number of hydrogen-bond donors (Lipinski definition) is 1. The summed E-state index contributed by atoms with van der Waals surface area (Å²) in [6.07, 6.45) is 1.02.